The smallest absolute Gasteiger partial charge is 0.270 e. The zero-order valence-corrected chi connectivity index (χ0v) is 23.2. The molecule has 0 saturated carbocycles. The Kier molecular flexibility index (Phi) is 8.63. The molecule has 1 N–H and O–H groups in total. The van der Waals surface area contributed by atoms with Crippen LogP contribution in [-0.2, 0) is 20.8 Å². The van der Waals surface area contributed by atoms with E-state index in [4.69, 9.17) is 21.7 Å². The summed E-state index contributed by atoms with van der Waals surface area (Å²) in [5.74, 6) is -0.198. The summed E-state index contributed by atoms with van der Waals surface area (Å²) in [5.41, 5.74) is 1.46. The molecule has 40 heavy (non-hydrogen) atoms. The molecule has 2 aliphatic heterocycles. The first kappa shape index (κ1) is 28.5. The highest BCUT2D eigenvalue weighted by atomic mass is 32.1. The molecule has 13 heteroatoms. The SMILES string of the molecule is COc1ccc(CCN2C(=O)/C(=C\c3cc([N+](=O)[O-])ccc3N3CCN(C(C)=O)CC3)C(=O)NC2=S)cc1OC. The molecule has 0 radical (unpaired) electrons. The molecule has 0 bridgehead atoms. The fourth-order valence-electron chi connectivity index (χ4n) is 4.65. The minimum absolute atomic E-state index is 0.0211. The van der Waals surface area contributed by atoms with Gasteiger partial charge in [-0.3, -0.25) is 34.7 Å². The molecule has 3 amide bonds. The Bertz CT molecular complexity index is 1400. The average molecular weight is 568 g/mol. The first-order chi connectivity index (χ1) is 19.1. The number of ether oxygens (including phenoxy) is 2. The van der Waals surface area contributed by atoms with Crippen LogP contribution in [0.5, 0.6) is 11.5 Å². The molecule has 2 fully saturated rings. The van der Waals surface area contributed by atoms with Crippen molar-refractivity contribution in [2.24, 2.45) is 0 Å². The van der Waals surface area contributed by atoms with E-state index in [-0.39, 0.29) is 28.8 Å². The summed E-state index contributed by atoms with van der Waals surface area (Å²) in [4.78, 5) is 54.1. The van der Waals surface area contributed by atoms with E-state index in [9.17, 15) is 24.5 Å². The van der Waals surface area contributed by atoms with Crippen molar-refractivity contribution in [3.8, 4) is 11.5 Å². The highest BCUT2D eigenvalue weighted by molar-refractivity contribution is 7.80. The molecular formula is C27H29N5O7S. The molecule has 0 aliphatic carbocycles. The Labute approximate surface area is 236 Å². The number of hydrogen-bond donors (Lipinski definition) is 1. The van der Waals surface area contributed by atoms with Gasteiger partial charge in [0.2, 0.25) is 5.91 Å². The summed E-state index contributed by atoms with van der Waals surface area (Å²) in [5, 5.41) is 14.1. The van der Waals surface area contributed by atoms with Gasteiger partial charge in [-0.15, -0.1) is 0 Å². The predicted molar refractivity (Wildman–Crippen MR) is 151 cm³/mol. The third-order valence-corrected chi connectivity index (χ3v) is 7.17. The lowest BCUT2D eigenvalue weighted by Crippen LogP contribution is -2.54. The highest BCUT2D eigenvalue weighted by Gasteiger charge is 2.34. The molecule has 2 heterocycles. The zero-order chi connectivity index (χ0) is 29.0. The zero-order valence-electron chi connectivity index (χ0n) is 22.3. The van der Waals surface area contributed by atoms with E-state index < -0.39 is 16.7 Å². The van der Waals surface area contributed by atoms with Gasteiger partial charge in [-0.05, 0) is 48.5 Å². The number of anilines is 1. The molecular weight excluding hydrogens is 538 g/mol. The molecule has 2 aromatic rings. The quantitative estimate of drug-likeness (QED) is 0.167. The van der Waals surface area contributed by atoms with Crippen molar-refractivity contribution in [2.75, 3.05) is 51.8 Å². The number of nitrogens with zero attached hydrogens (tertiary/aromatic N) is 4. The standard InChI is InChI=1S/C27H29N5O7S/c1-17(33)29-10-12-30(13-11-29)22-6-5-20(32(36)37)15-19(22)16-21-25(34)28-27(40)31(26(21)35)9-8-18-4-7-23(38-2)24(14-18)39-3/h4-7,14-16H,8-13H2,1-3H3,(H,28,34,40)/b21-16-. The van der Waals surface area contributed by atoms with Gasteiger partial charge >= 0.3 is 0 Å². The third kappa shape index (κ3) is 6.04. The van der Waals surface area contributed by atoms with Crippen LogP contribution in [0.4, 0.5) is 11.4 Å². The molecule has 0 atom stereocenters. The summed E-state index contributed by atoms with van der Waals surface area (Å²) in [7, 11) is 3.07. The van der Waals surface area contributed by atoms with Crippen molar-refractivity contribution in [3.63, 3.8) is 0 Å². The number of carbonyl (C=O) groups is 3. The molecule has 0 spiro atoms. The third-order valence-electron chi connectivity index (χ3n) is 6.85. The largest absolute Gasteiger partial charge is 0.493 e. The number of piperazine rings is 1. The Balaban J connectivity index is 1.61. The van der Waals surface area contributed by atoms with Crippen LogP contribution in [0.25, 0.3) is 6.08 Å². The second kappa shape index (κ2) is 12.1. The number of thiocarbonyl (C=S) groups is 1. The minimum atomic E-state index is -0.684. The second-order valence-corrected chi connectivity index (χ2v) is 9.59. The van der Waals surface area contributed by atoms with Crippen LogP contribution >= 0.6 is 12.2 Å². The van der Waals surface area contributed by atoms with E-state index in [2.05, 4.69) is 5.32 Å². The molecule has 2 aliphatic rings. The maximum atomic E-state index is 13.5. The molecule has 12 nitrogen and oxygen atoms in total. The molecule has 2 aromatic carbocycles. The van der Waals surface area contributed by atoms with Gasteiger partial charge in [0, 0.05) is 63.0 Å². The molecule has 0 aromatic heterocycles. The van der Waals surface area contributed by atoms with E-state index in [1.807, 2.05) is 11.0 Å². The summed E-state index contributed by atoms with van der Waals surface area (Å²) < 4.78 is 10.6. The van der Waals surface area contributed by atoms with Crippen molar-refractivity contribution in [2.45, 2.75) is 13.3 Å². The predicted octanol–water partition coefficient (Wildman–Crippen LogP) is 2.15. The summed E-state index contributed by atoms with van der Waals surface area (Å²) >= 11 is 5.29. The van der Waals surface area contributed by atoms with Gasteiger partial charge in [-0.25, -0.2) is 0 Å². The summed E-state index contributed by atoms with van der Waals surface area (Å²) in [6.45, 7) is 3.65. The van der Waals surface area contributed by atoms with E-state index >= 15 is 0 Å². The first-order valence-corrected chi connectivity index (χ1v) is 12.9. The topological polar surface area (TPSA) is 135 Å². The summed E-state index contributed by atoms with van der Waals surface area (Å²) in [6.07, 6.45) is 1.78. The van der Waals surface area contributed by atoms with Crippen LogP contribution in [0.1, 0.15) is 18.1 Å². The van der Waals surface area contributed by atoms with Crippen LogP contribution in [0.2, 0.25) is 0 Å². The van der Waals surface area contributed by atoms with Gasteiger partial charge in [0.15, 0.2) is 16.6 Å². The van der Waals surface area contributed by atoms with Crippen LogP contribution in [0, 0.1) is 10.1 Å². The number of nitrogens with one attached hydrogen (secondary N) is 1. The Hall–Kier alpha value is -4.52. The van der Waals surface area contributed by atoms with E-state index in [1.54, 1.807) is 23.1 Å². The molecule has 210 valence electrons. The van der Waals surface area contributed by atoms with Crippen molar-refractivity contribution in [3.05, 3.63) is 63.2 Å². The number of amides is 3. The number of nitro groups is 1. The number of non-ortho nitro benzene ring substituents is 1. The monoisotopic (exact) mass is 567 g/mol. The van der Waals surface area contributed by atoms with Gasteiger partial charge in [0.1, 0.15) is 5.57 Å². The minimum Gasteiger partial charge on any atom is -0.493 e. The van der Waals surface area contributed by atoms with E-state index in [1.165, 1.54) is 44.3 Å². The van der Waals surface area contributed by atoms with E-state index in [0.717, 1.165) is 5.56 Å². The first-order valence-electron chi connectivity index (χ1n) is 12.5. The fourth-order valence-corrected chi connectivity index (χ4v) is 4.92. The number of benzene rings is 2. The number of hydrogen-bond acceptors (Lipinski definition) is 9. The molecule has 4 rings (SSSR count). The fraction of sp³-hybridized carbons (Fsp3) is 0.333. The Morgan fingerprint density at radius 1 is 1.07 bits per heavy atom. The Morgan fingerprint density at radius 2 is 1.77 bits per heavy atom. The van der Waals surface area contributed by atoms with Crippen molar-refractivity contribution in [1.29, 1.82) is 0 Å². The maximum Gasteiger partial charge on any atom is 0.270 e. The van der Waals surface area contributed by atoms with Crippen molar-refractivity contribution < 1.29 is 28.8 Å². The van der Waals surface area contributed by atoms with Gasteiger partial charge in [-0.1, -0.05) is 6.07 Å². The normalized spacial score (nSPS) is 16.7. The second-order valence-electron chi connectivity index (χ2n) is 9.21. The van der Waals surface area contributed by atoms with Gasteiger partial charge in [-0.2, -0.15) is 0 Å². The van der Waals surface area contributed by atoms with Gasteiger partial charge in [0.25, 0.3) is 17.5 Å². The maximum absolute atomic E-state index is 13.5. The molecule has 2 saturated heterocycles. The number of carbonyl (C=O) groups excluding carboxylic acids is 3. The van der Waals surface area contributed by atoms with Crippen LogP contribution in [0.3, 0.4) is 0 Å². The average Bonchev–Trinajstić information content (AvgIpc) is 2.94. The Morgan fingerprint density at radius 3 is 2.40 bits per heavy atom. The lowest BCUT2D eigenvalue weighted by molar-refractivity contribution is -0.384. The number of methoxy groups -OCH3 is 2. The lowest BCUT2D eigenvalue weighted by atomic mass is 10.0. The van der Waals surface area contributed by atoms with Crippen molar-refractivity contribution >= 4 is 52.5 Å². The van der Waals surface area contributed by atoms with Gasteiger partial charge in [0.05, 0.1) is 19.1 Å². The molecule has 0 unspecified atom stereocenters. The van der Waals surface area contributed by atoms with Crippen molar-refractivity contribution in [1.82, 2.24) is 15.1 Å². The van der Waals surface area contributed by atoms with E-state index in [0.29, 0.717) is 55.3 Å². The van der Waals surface area contributed by atoms with Crippen LogP contribution in [-0.4, -0.2) is 84.5 Å². The van der Waals surface area contributed by atoms with Crippen LogP contribution < -0.4 is 19.7 Å². The summed E-state index contributed by atoms with van der Waals surface area (Å²) in [6, 6.07) is 9.71. The van der Waals surface area contributed by atoms with Crippen LogP contribution in [0.15, 0.2) is 42.0 Å². The number of nitro benzene ring substituents is 1. The number of rotatable bonds is 8. The highest BCUT2D eigenvalue weighted by Crippen LogP contribution is 2.30. The lowest BCUT2D eigenvalue weighted by Gasteiger charge is -2.36. The van der Waals surface area contributed by atoms with Gasteiger partial charge < -0.3 is 19.3 Å².